The van der Waals surface area contributed by atoms with Crippen molar-refractivity contribution in [3.63, 3.8) is 0 Å². The average Bonchev–Trinajstić information content (AvgIpc) is 2.74. The maximum absolute atomic E-state index is 2.24. The summed E-state index contributed by atoms with van der Waals surface area (Å²) in [6.45, 7) is 0. The van der Waals surface area contributed by atoms with Gasteiger partial charge in [0.1, 0.15) is 0 Å². The Labute approximate surface area is 124 Å². The van der Waals surface area contributed by atoms with Crippen LogP contribution in [0.2, 0.25) is 0 Å². The van der Waals surface area contributed by atoms with Gasteiger partial charge in [-0.1, -0.05) is 54.1 Å². The summed E-state index contributed by atoms with van der Waals surface area (Å²) in [7, 11) is 0. The molecule has 0 fully saturated rings. The van der Waals surface area contributed by atoms with Crippen molar-refractivity contribution in [1.82, 2.24) is 0 Å². The van der Waals surface area contributed by atoms with Gasteiger partial charge in [-0.05, 0) is 0 Å². The number of halogens is 2. The zero-order valence-corrected chi connectivity index (χ0v) is 12.1. The molecule has 0 atom stereocenters. The number of fused-ring (bicyclic) bond motifs is 1. The molecule has 18 heavy (non-hydrogen) atoms. The second kappa shape index (κ2) is 7.28. The molecule has 0 saturated carbocycles. The summed E-state index contributed by atoms with van der Waals surface area (Å²) < 4.78 is 0. The molecule has 89 valence electrons. The predicted octanol–water partition coefficient (Wildman–Crippen LogP) is -1.77. The quantitative estimate of drug-likeness (QED) is 0.466. The summed E-state index contributed by atoms with van der Waals surface area (Å²) in [6, 6.07) is 23.4. The number of rotatable bonds is 1. The molecule has 0 saturated heterocycles. The van der Waals surface area contributed by atoms with Gasteiger partial charge in [0.25, 0.3) is 0 Å². The van der Waals surface area contributed by atoms with Crippen molar-refractivity contribution in [2.45, 2.75) is 0 Å². The van der Waals surface area contributed by atoms with Crippen LogP contribution in [-0.2, 0) is 26.2 Å². The first-order chi connectivity index (χ1) is 7.43. The SMILES string of the molecule is [F-].[F-].[Zr+3].c1ccc(-c2cc3ccccc3[cH-]2)cc1. The number of hydrogen-bond donors (Lipinski definition) is 0. The molecule has 3 aromatic rings. The normalized spacial score (nSPS) is 8.89. The molecule has 0 bridgehead atoms. The van der Waals surface area contributed by atoms with Crippen molar-refractivity contribution in [1.29, 1.82) is 0 Å². The molecule has 0 N–H and O–H groups in total. The van der Waals surface area contributed by atoms with Crippen molar-refractivity contribution >= 4 is 10.8 Å². The van der Waals surface area contributed by atoms with Crippen LogP contribution < -0.4 is 9.41 Å². The van der Waals surface area contributed by atoms with Gasteiger partial charge in [-0.3, -0.25) is 0 Å². The third-order valence-corrected chi connectivity index (χ3v) is 2.73. The van der Waals surface area contributed by atoms with Crippen LogP contribution in [-0.4, -0.2) is 0 Å². The minimum atomic E-state index is 0. The van der Waals surface area contributed by atoms with E-state index in [9.17, 15) is 0 Å². The molecular weight excluding hydrogens is 309 g/mol. The first-order valence-electron chi connectivity index (χ1n) is 5.14. The van der Waals surface area contributed by atoms with Crippen molar-refractivity contribution in [2.75, 3.05) is 0 Å². The van der Waals surface area contributed by atoms with Crippen molar-refractivity contribution in [2.24, 2.45) is 0 Å². The van der Waals surface area contributed by atoms with Gasteiger partial charge in [0.15, 0.2) is 0 Å². The molecule has 1 radical (unpaired) electrons. The number of benzene rings is 2. The van der Waals surface area contributed by atoms with Crippen LogP contribution >= 0.6 is 0 Å². The minimum Gasteiger partial charge on any atom is -1.00 e. The van der Waals surface area contributed by atoms with Gasteiger partial charge in [-0.15, -0.1) is 34.5 Å². The van der Waals surface area contributed by atoms with Crippen LogP contribution in [0, 0.1) is 0 Å². The van der Waals surface area contributed by atoms with E-state index in [0.717, 1.165) is 0 Å². The van der Waals surface area contributed by atoms with Crippen LogP contribution in [0.4, 0.5) is 0 Å². The van der Waals surface area contributed by atoms with E-state index in [2.05, 4.69) is 60.7 Å². The third kappa shape index (κ3) is 3.17. The molecule has 0 aliphatic heterocycles. The van der Waals surface area contributed by atoms with Gasteiger partial charge in [-0.25, -0.2) is 0 Å². The fourth-order valence-corrected chi connectivity index (χ4v) is 1.95. The van der Waals surface area contributed by atoms with Crippen molar-refractivity contribution in [3.05, 3.63) is 66.7 Å². The van der Waals surface area contributed by atoms with E-state index >= 15 is 0 Å². The van der Waals surface area contributed by atoms with E-state index in [-0.39, 0.29) is 35.6 Å². The van der Waals surface area contributed by atoms with E-state index in [4.69, 9.17) is 0 Å². The minimum absolute atomic E-state index is 0. The Hall–Kier alpha value is -1.21. The first kappa shape index (κ1) is 16.8. The van der Waals surface area contributed by atoms with Gasteiger partial charge in [0.2, 0.25) is 0 Å². The molecule has 0 spiro atoms. The number of hydrogen-bond acceptors (Lipinski definition) is 0. The molecule has 3 rings (SSSR count). The van der Waals surface area contributed by atoms with Crippen LogP contribution in [0.25, 0.3) is 21.9 Å². The van der Waals surface area contributed by atoms with Crippen molar-refractivity contribution < 1.29 is 35.6 Å². The summed E-state index contributed by atoms with van der Waals surface area (Å²) in [4.78, 5) is 0. The van der Waals surface area contributed by atoms with Gasteiger partial charge in [0.05, 0.1) is 0 Å². The summed E-state index contributed by atoms with van der Waals surface area (Å²) in [6.07, 6.45) is 0. The van der Waals surface area contributed by atoms with Crippen LogP contribution in [0.1, 0.15) is 0 Å². The molecule has 0 amide bonds. The Bertz CT molecular complexity index is 555. The Kier molecular flexibility index (Phi) is 6.79. The summed E-state index contributed by atoms with van der Waals surface area (Å²) in [5.74, 6) is 0. The molecule has 0 aliphatic carbocycles. The summed E-state index contributed by atoms with van der Waals surface area (Å²) in [5, 5.41) is 2.63. The van der Waals surface area contributed by atoms with Gasteiger partial charge in [0, 0.05) is 0 Å². The Balaban J connectivity index is 0.000000963. The average molecular weight is 320 g/mol. The van der Waals surface area contributed by atoms with Gasteiger partial charge >= 0.3 is 26.2 Å². The van der Waals surface area contributed by atoms with E-state index in [0.29, 0.717) is 0 Å². The second-order valence-corrected chi connectivity index (χ2v) is 3.74. The fraction of sp³-hybridized carbons (Fsp3) is 0. The van der Waals surface area contributed by atoms with Crippen molar-refractivity contribution in [3.8, 4) is 11.1 Å². The molecule has 0 unspecified atom stereocenters. The molecule has 3 heteroatoms. The van der Waals surface area contributed by atoms with E-state index in [1.54, 1.807) is 0 Å². The van der Waals surface area contributed by atoms with Crippen LogP contribution in [0.3, 0.4) is 0 Å². The maximum atomic E-state index is 2.24. The first-order valence-corrected chi connectivity index (χ1v) is 5.14. The van der Waals surface area contributed by atoms with Gasteiger partial charge < -0.3 is 9.41 Å². The second-order valence-electron chi connectivity index (χ2n) is 3.74. The third-order valence-electron chi connectivity index (χ3n) is 2.73. The largest absolute Gasteiger partial charge is 3.00 e. The maximum Gasteiger partial charge on any atom is 3.00 e. The zero-order valence-electron chi connectivity index (χ0n) is 9.61. The molecule has 3 aromatic carbocycles. The monoisotopic (exact) mass is 319 g/mol. The predicted molar refractivity (Wildman–Crippen MR) is 65.0 cm³/mol. The Morgan fingerprint density at radius 2 is 1.33 bits per heavy atom. The van der Waals surface area contributed by atoms with Crippen LogP contribution in [0.15, 0.2) is 66.7 Å². The summed E-state index contributed by atoms with van der Waals surface area (Å²) in [5.41, 5.74) is 2.59. The van der Waals surface area contributed by atoms with E-state index in [1.165, 1.54) is 21.9 Å². The molecule has 0 aromatic heterocycles. The Morgan fingerprint density at radius 1 is 0.722 bits per heavy atom. The zero-order chi connectivity index (χ0) is 10.1. The smallest absolute Gasteiger partial charge is 1.00 e. The molecule has 0 aliphatic rings. The van der Waals surface area contributed by atoms with Crippen LogP contribution in [0.5, 0.6) is 0 Å². The fourth-order valence-electron chi connectivity index (χ4n) is 1.95. The van der Waals surface area contributed by atoms with E-state index in [1.807, 2.05) is 6.07 Å². The topological polar surface area (TPSA) is 0 Å². The summed E-state index contributed by atoms with van der Waals surface area (Å²) >= 11 is 0. The van der Waals surface area contributed by atoms with Gasteiger partial charge in [-0.2, -0.15) is 0 Å². The Morgan fingerprint density at radius 3 is 2.00 bits per heavy atom. The standard InChI is InChI=1S/C15H11.2FH.Zr/c1-2-6-12(7-3-1)15-10-13-8-4-5-9-14(13)11-15;;;/h1-11H;2*1H;/q-1;;;+3/p-2. The molecular formula is C15H11F2Zr. The van der Waals surface area contributed by atoms with E-state index < -0.39 is 0 Å². The molecule has 0 nitrogen and oxygen atoms in total. The molecule has 0 heterocycles.